The van der Waals surface area contributed by atoms with Crippen molar-refractivity contribution in [2.75, 3.05) is 5.32 Å². The molecule has 6 heteroatoms. The summed E-state index contributed by atoms with van der Waals surface area (Å²) >= 11 is 9.45. The molecule has 3 nitrogen and oxygen atoms in total. The summed E-state index contributed by atoms with van der Waals surface area (Å²) in [5.74, 6) is 0. The molecule has 2 aromatic rings. The van der Waals surface area contributed by atoms with Crippen LogP contribution in [0.1, 0.15) is 11.1 Å². The molecule has 0 spiro atoms. The number of fused-ring (bicyclic) bond motifs is 1. The van der Waals surface area contributed by atoms with Crippen molar-refractivity contribution in [1.29, 1.82) is 0 Å². The molecule has 2 aliphatic rings. The smallest absolute Gasteiger partial charge is 0.165 e. The lowest BCUT2D eigenvalue weighted by molar-refractivity contribution is 0.809. The molecule has 0 radical (unpaired) electrons. The topological polar surface area (TPSA) is 36.8 Å². The molecule has 0 aromatic heterocycles. The Hall–Kier alpha value is -1.43. The number of benzene rings is 2. The van der Waals surface area contributed by atoms with Crippen molar-refractivity contribution in [3.05, 3.63) is 64.7 Å². The summed E-state index contributed by atoms with van der Waals surface area (Å²) in [5, 5.41) is 6.10. The van der Waals surface area contributed by atoms with Gasteiger partial charge in [-0.25, -0.2) is 9.98 Å². The van der Waals surface area contributed by atoms with Gasteiger partial charge < -0.3 is 5.32 Å². The van der Waals surface area contributed by atoms with E-state index in [0.717, 1.165) is 26.5 Å². The van der Waals surface area contributed by atoms with E-state index in [1.54, 1.807) is 23.5 Å². The highest BCUT2D eigenvalue weighted by atomic mass is 35.5. The molecule has 2 atom stereocenters. The number of amidine groups is 1. The van der Waals surface area contributed by atoms with E-state index < -0.39 is 0 Å². The van der Waals surface area contributed by atoms with Gasteiger partial charge in [-0.1, -0.05) is 65.0 Å². The lowest BCUT2D eigenvalue weighted by Gasteiger charge is -2.07. The van der Waals surface area contributed by atoms with Crippen molar-refractivity contribution in [1.82, 2.24) is 0 Å². The van der Waals surface area contributed by atoms with Gasteiger partial charge in [-0.15, -0.1) is 0 Å². The second-order valence-corrected chi connectivity index (χ2v) is 8.38. The number of aliphatic imine (C=N–C) groups is 2. The van der Waals surface area contributed by atoms with Gasteiger partial charge in [0.1, 0.15) is 9.63 Å². The van der Waals surface area contributed by atoms with Crippen molar-refractivity contribution in [2.45, 2.75) is 17.7 Å². The molecule has 4 rings (SSSR count). The van der Waals surface area contributed by atoms with E-state index in [9.17, 15) is 0 Å². The zero-order valence-corrected chi connectivity index (χ0v) is 14.8. The van der Waals surface area contributed by atoms with Crippen LogP contribution in [0.25, 0.3) is 0 Å². The predicted octanol–water partition coefficient (Wildman–Crippen LogP) is 5.01. The molecule has 0 unspecified atom stereocenters. The van der Waals surface area contributed by atoms with Crippen LogP contribution in [0.2, 0.25) is 5.02 Å². The quantitative estimate of drug-likeness (QED) is 0.818. The second-order valence-electron chi connectivity index (χ2n) is 5.38. The largest absolute Gasteiger partial charge is 0.335 e. The van der Waals surface area contributed by atoms with Gasteiger partial charge in [0.2, 0.25) is 0 Å². The molecular weight excluding hydrogens is 346 g/mol. The fraction of sp³-hybridized carbons (Fsp3) is 0.176. The first-order chi connectivity index (χ1) is 11.2. The summed E-state index contributed by atoms with van der Waals surface area (Å²) in [6, 6.07) is 16.1. The van der Waals surface area contributed by atoms with E-state index in [2.05, 4.69) is 36.5 Å². The van der Waals surface area contributed by atoms with Crippen LogP contribution in [0.5, 0.6) is 0 Å². The minimum atomic E-state index is -0.0105. The highest BCUT2D eigenvalue weighted by molar-refractivity contribution is 8.31. The molecule has 0 aliphatic carbocycles. The maximum atomic E-state index is 5.94. The number of nitrogens with zero attached hydrogens (tertiary/aromatic N) is 2. The van der Waals surface area contributed by atoms with Crippen LogP contribution in [0, 0.1) is 6.92 Å². The van der Waals surface area contributed by atoms with E-state index in [0.29, 0.717) is 4.58 Å². The van der Waals surface area contributed by atoms with Gasteiger partial charge in [0.15, 0.2) is 11.3 Å². The number of halogens is 1. The summed E-state index contributed by atoms with van der Waals surface area (Å²) in [5.41, 5.74) is 3.42. The number of rotatable bonds is 2. The van der Waals surface area contributed by atoms with Crippen LogP contribution in [0.15, 0.2) is 58.5 Å². The fourth-order valence-corrected chi connectivity index (χ4v) is 4.95. The SMILES string of the molecule is Cc1ccc(NC2=N[C@@H]3N=C(c4ccc(Cl)cc4)S[C@@H]3S2)cc1. The third-order valence-electron chi connectivity index (χ3n) is 3.59. The molecule has 0 saturated heterocycles. The van der Waals surface area contributed by atoms with Crippen LogP contribution in [-0.4, -0.2) is 21.0 Å². The Bertz CT molecular complexity index is 784. The normalized spacial score (nSPS) is 22.5. The maximum absolute atomic E-state index is 5.94. The van der Waals surface area contributed by atoms with Crippen LogP contribution >= 0.6 is 35.1 Å². The molecular formula is C17H14ClN3S2. The van der Waals surface area contributed by atoms with E-state index in [1.807, 2.05) is 24.3 Å². The number of nitrogens with one attached hydrogen (secondary N) is 1. The van der Waals surface area contributed by atoms with Gasteiger partial charge in [-0.3, -0.25) is 0 Å². The third kappa shape index (κ3) is 3.27. The molecule has 2 aliphatic heterocycles. The maximum Gasteiger partial charge on any atom is 0.165 e. The summed E-state index contributed by atoms with van der Waals surface area (Å²) in [7, 11) is 0. The van der Waals surface area contributed by atoms with Crippen LogP contribution in [0.3, 0.4) is 0 Å². The van der Waals surface area contributed by atoms with Gasteiger partial charge in [-0.2, -0.15) is 0 Å². The van der Waals surface area contributed by atoms with Gasteiger partial charge in [0.05, 0.1) is 0 Å². The lowest BCUT2D eigenvalue weighted by Crippen LogP contribution is -2.06. The summed E-state index contributed by atoms with van der Waals surface area (Å²) < 4.78 is 0.314. The summed E-state index contributed by atoms with van der Waals surface area (Å²) in [6.45, 7) is 2.08. The first kappa shape index (κ1) is 15.1. The minimum absolute atomic E-state index is 0.0105. The third-order valence-corrected chi connectivity index (χ3v) is 6.37. The summed E-state index contributed by atoms with van der Waals surface area (Å²) in [6.07, 6.45) is -0.0105. The van der Waals surface area contributed by atoms with E-state index in [4.69, 9.17) is 21.6 Å². The Labute approximate surface area is 148 Å². The highest BCUT2D eigenvalue weighted by Crippen LogP contribution is 2.43. The second kappa shape index (κ2) is 6.23. The van der Waals surface area contributed by atoms with Gasteiger partial charge in [0, 0.05) is 16.3 Å². The van der Waals surface area contributed by atoms with Crippen molar-refractivity contribution in [2.24, 2.45) is 9.98 Å². The van der Waals surface area contributed by atoms with Crippen molar-refractivity contribution in [3.8, 4) is 0 Å². The molecule has 116 valence electrons. The van der Waals surface area contributed by atoms with Gasteiger partial charge in [0.25, 0.3) is 0 Å². The Morgan fingerprint density at radius 3 is 2.39 bits per heavy atom. The molecule has 23 heavy (non-hydrogen) atoms. The van der Waals surface area contributed by atoms with Crippen molar-refractivity contribution >= 4 is 51.0 Å². The number of anilines is 1. The molecule has 0 bridgehead atoms. The standard InChI is InChI=1S/C17H14ClN3S2/c1-10-2-8-13(9-3-10)19-17-21-14-16(23-17)22-15(20-14)11-4-6-12(18)7-5-11/h2-9,14,16H,1H3,(H,19,21)/t14-,16+/m0/s1. The summed E-state index contributed by atoms with van der Waals surface area (Å²) in [4.78, 5) is 9.44. The molecule has 2 aromatic carbocycles. The first-order valence-electron chi connectivity index (χ1n) is 7.26. The van der Waals surface area contributed by atoms with Crippen LogP contribution in [-0.2, 0) is 0 Å². The van der Waals surface area contributed by atoms with Gasteiger partial charge in [-0.05, 0) is 31.2 Å². The lowest BCUT2D eigenvalue weighted by atomic mass is 10.2. The Kier molecular flexibility index (Phi) is 4.09. The Morgan fingerprint density at radius 1 is 0.957 bits per heavy atom. The fourth-order valence-electron chi connectivity index (χ4n) is 2.37. The van der Waals surface area contributed by atoms with Crippen molar-refractivity contribution in [3.63, 3.8) is 0 Å². The van der Waals surface area contributed by atoms with Crippen molar-refractivity contribution < 1.29 is 0 Å². The minimum Gasteiger partial charge on any atom is -0.335 e. The molecule has 0 saturated carbocycles. The average molecular weight is 360 g/mol. The number of aryl methyl sites for hydroxylation is 1. The van der Waals surface area contributed by atoms with E-state index in [-0.39, 0.29) is 6.17 Å². The number of hydrogen-bond donors (Lipinski definition) is 1. The van der Waals surface area contributed by atoms with Crippen LogP contribution in [0.4, 0.5) is 5.69 Å². The molecule has 0 fully saturated rings. The Morgan fingerprint density at radius 2 is 1.70 bits per heavy atom. The average Bonchev–Trinajstić information content (AvgIpc) is 3.09. The monoisotopic (exact) mass is 359 g/mol. The molecule has 2 heterocycles. The zero-order chi connectivity index (χ0) is 15.8. The predicted molar refractivity (Wildman–Crippen MR) is 103 cm³/mol. The van der Waals surface area contributed by atoms with E-state index in [1.165, 1.54) is 5.56 Å². The first-order valence-corrected chi connectivity index (χ1v) is 9.40. The number of thioether (sulfide) groups is 2. The van der Waals surface area contributed by atoms with E-state index >= 15 is 0 Å². The van der Waals surface area contributed by atoms with Gasteiger partial charge >= 0.3 is 0 Å². The zero-order valence-electron chi connectivity index (χ0n) is 12.4. The molecule has 0 amide bonds. The van der Waals surface area contributed by atoms with Crippen LogP contribution < -0.4 is 5.32 Å². The Balaban J connectivity index is 1.48. The number of hydrogen-bond acceptors (Lipinski definition) is 5. The molecule has 1 N–H and O–H groups in total. The highest BCUT2D eigenvalue weighted by Gasteiger charge is 2.37.